The highest BCUT2D eigenvalue weighted by Crippen LogP contribution is 2.27. The molecule has 20 heavy (non-hydrogen) atoms. The number of fused-ring (bicyclic) bond motifs is 1. The number of rotatable bonds is 5. The van der Waals surface area contributed by atoms with Crippen molar-refractivity contribution in [3.63, 3.8) is 0 Å². The molecular formula is C14H21N5S. The standard InChI is InChI=1S/C14H21N5S/c1-3-15-14-17-12(11-6-8-20-13(11)18-14)16-9-10-5-4-7-19(10)2/h6,8,10H,3-5,7,9H2,1-2H3,(H2,15,16,17,18). The number of likely N-dealkylation sites (N-methyl/N-ethyl adjacent to an activating group) is 1. The normalized spacial score (nSPS) is 19.6. The van der Waals surface area contributed by atoms with Crippen LogP contribution in [0.3, 0.4) is 0 Å². The van der Waals surface area contributed by atoms with Gasteiger partial charge in [0.2, 0.25) is 5.95 Å². The van der Waals surface area contributed by atoms with E-state index in [1.807, 2.05) is 0 Å². The highest BCUT2D eigenvalue weighted by molar-refractivity contribution is 7.16. The first-order valence-electron chi connectivity index (χ1n) is 7.21. The summed E-state index contributed by atoms with van der Waals surface area (Å²) in [6.07, 6.45) is 2.56. The second-order valence-corrected chi connectivity index (χ2v) is 6.12. The predicted octanol–water partition coefficient (Wildman–Crippen LogP) is 2.63. The summed E-state index contributed by atoms with van der Waals surface area (Å²) in [6.45, 7) is 5.04. The Labute approximate surface area is 123 Å². The van der Waals surface area contributed by atoms with Crippen molar-refractivity contribution < 1.29 is 0 Å². The fourth-order valence-electron chi connectivity index (χ4n) is 2.68. The van der Waals surface area contributed by atoms with E-state index in [4.69, 9.17) is 0 Å². The summed E-state index contributed by atoms with van der Waals surface area (Å²) in [4.78, 5) is 12.6. The zero-order valence-corrected chi connectivity index (χ0v) is 12.8. The monoisotopic (exact) mass is 291 g/mol. The van der Waals surface area contributed by atoms with Gasteiger partial charge in [-0.2, -0.15) is 4.98 Å². The Balaban J connectivity index is 1.80. The Kier molecular flexibility index (Phi) is 4.03. The molecule has 2 N–H and O–H groups in total. The molecule has 0 aliphatic carbocycles. The van der Waals surface area contributed by atoms with Crippen molar-refractivity contribution in [3.8, 4) is 0 Å². The first kappa shape index (κ1) is 13.6. The zero-order valence-electron chi connectivity index (χ0n) is 12.0. The minimum atomic E-state index is 0.612. The number of anilines is 2. The number of nitrogens with one attached hydrogen (secondary N) is 2. The summed E-state index contributed by atoms with van der Waals surface area (Å²) in [6, 6.07) is 2.71. The van der Waals surface area contributed by atoms with Gasteiger partial charge < -0.3 is 15.5 Å². The topological polar surface area (TPSA) is 53.1 Å². The number of nitrogens with zero attached hydrogens (tertiary/aromatic N) is 3. The van der Waals surface area contributed by atoms with E-state index < -0.39 is 0 Å². The van der Waals surface area contributed by atoms with Gasteiger partial charge in [0.25, 0.3) is 0 Å². The molecule has 0 radical (unpaired) electrons. The maximum atomic E-state index is 4.60. The van der Waals surface area contributed by atoms with Gasteiger partial charge in [-0.15, -0.1) is 11.3 Å². The van der Waals surface area contributed by atoms with Crippen molar-refractivity contribution in [3.05, 3.63) is 11.4 Å². The highest BCUT2D eigenvalue weighted by Gasteiger charge is 2.21. The van der Waals surface area contributed by atoms with Crippen LogP contribution in [-0.2, 0) is 0 Å². The molecule has 2 aromatic heterocycles. The number of hydrogen-bond acceptors (Lipinski definition) is 6. The molecule has 2 aromatic rings. The largest absolute Gasteiger partial charge is 0.368 e. The second-order valence-electron chi connectivity index (χ2n) is 5.22. The maximum Gasteiger partial charge on any atom is 0.226 e. The molecule has 0 saturated carbocycles. The Morgan fingerprint density at radius 1 is 1.40 bits per heavy atom. The molecule has 0 bridgehead atoms. The van der Waals surface area contributed by atoms with Crippen LogP contribution < -0.4 is 10.6 Å². The lowest BCUT2D eigenvalue weighted by molar-refractivity contribution is 0.322. The van der Waals surface area contributed by atoms with Crippen LogP contribution in [0.25, 0.3) is 10.2 Å². The Bertz CT molecular complexity index is 582. The van der Waals surface area contributed by atoms with E-state index in [9.17, 15) is 0 Å². The average Bonchev–Trinajstić information content (AvgIpc) is 3.05. The molecule has 5 nitrogen and oxygen atoms in total. The van der Waals surface area contributed by atoms with Crippen LogP contribution in [0.2, 0.25) is 0 Å². The third kappa shape index (κ3) is 2.71. The van der Waals surface area contributed by atoms with E-state index in [0.29, 0.717) is 12.0 Å². The Morgan fingerprint density at radius 3 is 3.05 bits per heavy atom. The number of aromatic nitrogens is 2. The number of hydrogen-bond donors (Lipinski definition) is 2. The molecule has 1 unspecified atom stereocenters. The molecule has 3 heterocycles. The molecule has 1 aliphatic heterocycles. The van der Waals surface area contributed by atoms with Crippen molar-refractivity contribution >= 4 is 33.3 Å². The summed E-state index contributed by atoms with van der Waals surface area (Å²) >= 11 is 1.66. The third-order valence-corrected chi connectivity index (χ3v) is 4.64. The Hall–Kier alpha value is -1.40. The first-order valence-corrected chi connectivity index (χ1v) is 8.09. The van der Waals surface area contributed by atoms with Gasteiger partial charge in [0, 0.05) is 19.1 Å². The van der Waals surface area contributed by atoms with Gasteiger partial charge in [-0.1, -0.05) is 0 Å². The lowest BCUT2D eigenvalue weighted by atomic mass is 10.2. The molecule has 3 rings (SSSR count). The smallest absolute Gasteiger partial charge is 0.226 e. The van der Waals surface area contributed by atoms with Crippen molar-refractivity contribution in [1.29, 1.82) is 0 Å². The van der Waals surface area contributed by atoms with E-state index in [0.717, 1.165) is 29.1 Å². The zero-order chi connectivity index (χ0) is 13.9. The van der Waals surface area contributed by atoms with Gasteiger partial charge in [-0.05, 0) is 44.8 Å². The minimum Gasteiger partial charge on any atom is -0.368 e. The lowest BCUT2D eigenvalue weighted by Crippen LogP contribution is -2.31. The second kappa shape index (κ2) is 5.93. The highest BCUT2D eigenvalue weighted by atomic mass is 32.1. The van der Waals surface area contributed by atoms with Crippen molar-refractivity contribution in [2.45, 2.75) is 25.8 Å². The van der Waals surface area contributed by atoms with E-state index in [-0.39, 0.29) is 0 Å². The number of likely N-dealkylation sites (tertiary alicyclic amines) is 1. The predicted molar refractivity (Wildman–Crippen MR) is 85.7 cm³/mol. The van der Waals surface area contributed by atoms with Gasteiger partial charge >= 0.3 is 0 Å². The average molecular weight is 291 g/mol. The van der Waals surface area contributed by atoms with Gasteiger partial charge in [0.15, 0.2) is 0 Å². The van der Waals surface area contributed by atoms with Crippen molar-refractivity contribution in [2.75, 3.05) is 37.3 Å². The van der Waals surface area contributed by atoms with Crippen LogP contribution in [-0.4, -0.2) is 47.6 Å². The summed E-state index contributed by atoms with van der Waals surface area (Å²) in [5.41, 5.74) is 0. The van der Waals surface area contributed by atoms with Crippen LogP contribution >= 0.6 is 11.3 Å². The van der Waals surface area contributed by atoms with Gasteiger partial charge in [-0.25, -0.2) is 4.98 Å². The van der Waals surface area contributed by atoms with E-state index in [1.54, 1.807) is 11.3 Å². The molecular weight excluding hydrogens is 270 g/mol. The van der Waals surface area contributed by atoms with E-state index >= 15 is 0 Å². The van der Waals surface area contributed by atoms with Crippen LogP contribution in [0, 0.1) is 0 Å². The molecule has 0 amide bonds. The van der Waals surface area contributed by atoms with Crippen molar-refractivity contribution in [2.24, 2.45) is 0 Å². The van der Waals surface area contributed by atoms with Gasteiger partial charge in [0.05, 0.1) is 5.39 Å². The number of thiophene rings is 1. The summed E-state index contributed by atoms with van der Waals surface area (Å²) < 4.78 is 0. The van der Waals surface area contributed by atoms with E-state index in [2.05, 4.69) is 50.9 Å². The fraction of sp³-hybridized carbons (Fsp3) is 0.571. The van der Waals surface area contributed by atoms with Gasteiger partial charge in [-0.3, -0.25) is 0 Å². The molecule has 1 atom stereocenters. The third-order valence-electron chi connectivity index (χ3n) is 3.84. The van der Waals surface area contributed by atoms with Crippen LogP contribution in [0.1, 0.15) is 19.8 Å². The quantitative estimate of drug-likeness (QED) is 0.887. The summed E-state index contributed by atoms with van der Waals surface area (Å²) in [5.74, 6) is 1.66. The van der Waals surface area contributed by atoms with E-state index in [1.165, 1.54) is 19.4 Å². The minimum absolute atomic E-state index is 0.612. The summed E-state index contributed by atoms with van der Waals surface area (Å²) in [5, 5.41) is 9.91. The molecule has 1 fully saturated rings. The molecule has 0 aromatic carbocycles. The first-order chi connectivity index (χ1) is 9.78. The Morgan fingerprint density at radius 2 is 2.30 bits per heavy atom. The van der Waals surface area contributed by atoms with Crippen LogP contribution in [0.5, 0.6) is 0 Å². The SMILES string of the molecule is CCNc1nc(NCC2CCCN2C)c2ccsc2n1. The van der Waals surface area contributed by atoms with Crippen LogP contribution in [0.4, 0.5) is 11.8 Å². The molecule has 6 heteroatoms. The van der Waals surface area contributed by atoms with Gasteiger partial charge in [0.1, 0.15) is 10.6 Å². The lowest BCUT2D eigenvalue weighted by Gasteiger charge is -2.20. The molecule has 1 saturated heterocycles. The molecule has 108 valence electrons. The van der Waals surface area contributed by atoms with Crippen molar-refractivity contribution in [1.82, 2.24) is 14.9 Å². The summed E-state index contributed by atoms with van der Waals surface area (Å²) in [7, 11) is 2.20. The molecule has 0 spiro atoms. The molecule has 1 aliphatic rings. The maximum absolute atomic E-state index is 4.60. The fourth-order valence-corrected chi connectivity index (χ4v) is 3.44. The van der Waals surface area contributed by atoms with Crippen LogP contribution in [0.15, 0.2) is 11.4 Å².